The van der Waals surface area contributed by atoms with Crippen LogP contribution in [0.2, 0.25) is 0 Å². The molecule has 0 bridgehead atoms. The van der Waals surface area contributed by atoms with Crippen molar-refractivity contribution < 1.29 is 31.5 Å². The van der Waals surface area contributed by atoms with Gasteiger partial charge in [-0.25, -0.2) is 23.4 Å². The zero-order chi connectivity index (χ0) is 26.6. The van der Waals surface area contributed by atoms with E-state index in [0.29, 0.717) is 16.9 Å². The molecule has 4 rings (SSSR count). The molecule has 3 aromatic rings. The zero-order valence-corrected chi connectivity index (χ0v) is 20.8. The average molecular weight is 527 g/mol. The quantitative estimate of drug-likeness (QED) is 0.518. The van der Waals surface area contributed by atoms with Gasteiger partial charge in [0.25, 0.3) is 5.91 Å². The summed E-state index contributed by atoms with van der Waals surface area (Å²) in [5, 5.41) is 11.9. The molecule has 1 aliphatic rings. The molecule has 0 fully saturated rings. The molecule has 2 N–H and O–H groups in total. The number of alkyl halides is 3. The fourth-order valence-electron chi connectivity index (χ4n) is 4.54. The maximum atomic E-state index is 13.8. The van der Waals surface area contributed by atoms with Crippen LogP contribution >= 0.6 is 0 Å². The third-order valence-electron chi connectivity index (χ3n) is 6.10. The van der Waals surface area contributed by atoms with Crippen LogP contribution in [0.15, 0.2) is 23.2 Å². The summed E-state index contributed by atoms with van der Waals surface area (Å²) < 4.78 is 67.7. The van der Waals surface area contributed by atoms with Crippen molar-refractivity contribution >= 4 is 32.7 Å². The Morgan fingerprint density at radius 3 is 2.50 bits per heavy atom. The Morgan fingerprint density at radius 2 is 1.94 bits per heavy atom. The molecule has 0 spiro atoms. The predicted octanol–water partition coefficient (Wildman–Crippen LogP) is 2.32. The molecule has 0 aliphatic carbocycles. The van der Waals surface area contributed by atoms with Gasteiger partial charge in [0.1, 0.15) is 5.82 Å². The van der Waals surface area contributed by atoms with Gasteiger partial charge in [-0.1, -0.05) is 13.8 Å². The minimum absolute atomic E-state index is 0.00771. The molecule has 1 aliphatic heterocycles. The topological polar surface area (TPSA) is 130 Å². The molecule has 3 heterocycles. The van der Waals surface area contributed by atoms with Gasteiger partial charge in [0.05, 0.1) is 34.1 Å². The Bertz CT molecular complexity index is 1450. The van der Waals surface area contributed by atoms with E-state index < -0.39 is 45.8 Å². The Balaban J connectivity index is 1.87. The molecule has 36 heavy (non-hydrogen) atoms. The highest BCUT2D eigenvalue weighted by Gasteiger charge is 2.40. The van der Waals surface area contributed by atoms with Gasteiger partial charge in [-0.2, -0.15) is 13.2 Å². The summed E-state index contributed by atoms with van der Waals surface area (Å²) in [6.07, 6.45) is -2.96. The number of nitrogens with zero attached hydrogens (tertiary/aromatic N) is 5. The smallest absolute Gasteiger partial charge is 0.392 e. The third kappa shape index (κ3) is 4.39. The van der Waals surface area contributed by atoms with Gasteiger partial charge in [-0.15, -0.1) is 0 Å². The summed E-state index contributed by atoms with van der Waals surface area (Å²) in [6, 6.07) is 2.43. The number of rotatable bonds is 5. The van der Waals surface area contributed by atoms with Gasteiger partial charge < -0.3 is 19.9 Å². The van der Waals surface area contributed by atoms with Gasteiger partial charge in [0.2, 0.25) is 5.95 Å². The summed E-state index contributed by atoms with van der Waals surface area (Å²) in [4.78, 5) is 26.1. The van der Waals surface area contributed by atoms with Crippen molar-refractivity contribution in [3.05, 3.63) is 41.0 Å². The largest absolute Gasteiger partial charge is 0.434 e. The summed E-state index contributed by atoms with van der Waals surface area (Å²) in [6.45, 7) is 3.74. The van der Waals surface area contributed by atoms with Gasteiger partial charge in [-0.05, 0) is 23.6 Å². The number of fused-ring (bicyclic) bond motifs is 3. The number of benzene rings is 1. The number of carbonyl (C=O) groups is 1. The minimum Gasteiger partial charge on any atom is -0.392 e. The van der Waals surface area contributed by atoms with E-state index in [2.05, 4.69) is 20.3 Å². The number of nitrogens with one attached hydrogen (secondary N) is 1. The number of halogens is 3. The number of imidazole rings is 1. The number of amides is 1. The van der Waals surface area contributed by atoms with Crippen LogP contribution < -0.4 is 10.2 Å². The molecular formula is C22H25F3N6O4S. The fraction of sp³-hybridized carbons (Fsp3) is 0.455. The maximum Gasteiger partial charge on any atom is 0.434 e. The molecule has 2 aromatic heterocycles. The normalized spacial score (nSPS) is 16.5. The van der Waals surface area contributed by atoms with Crippen LogP contribution in [0.3, 0.4) is 0 Å². The molecule has 0 saturated carbocycles. The zero-order valence-electron chi connectivity index (χ0n) is 20.0. The van der Waals surface area contributed by atoms with Gasteiger partial charge in [-0.3, -0.25) is 4.79 Å². The number of sulfone groups is 1. The first-order valence-corrected chi connectivity index (χ1v) is 12.9. The first-order valence-electron chi connectivity index (χ1n) is 11.0. The molecule has 1 amide bonds. The van der Waals surface area contributed by atoms with Crippen LogP contribution in [0, 0.1) is 5.92 Å². The Labute approximate surface area is 205 Å². The highest BCUT2D eigenvalue weighted by Crippen LogP contribution is 2.38. The highest BCUT2D eigenvalue weighted by atomic mass is 32.2. The van der Waals surface area contributed by atoms with Crippen LogP contribution in [-0.4, -0.2) is 58.8 Å². The van der Waals surface area contributed by atoms with E-state index in [0.717, 1.165) is 12.5 Å². The van der Waals surface area contributed by atoms with Gasteiger partial charge in [0.15, 0.2) is 15.5 Å². The second-order valence-electron chi connectivity index (χ2n) is 8.89. The molecule has 194 valence electrons. The second kappa shape index (κ2) is 9.00. The molecular weight excluding hydrogens is 501 g/mol. The highest BCUT2D eigenvalue weighted by molar-refractivity contribution is 7.90. The van der Waals surface area contributed by atoms with E-state index in [1.54, 1.807) is 4.90 Å². The van der Waals surface area contributed by atoms with Crippen LogP contribution in [-0.2, 0) is 29.2 Å². The lowest BCUT2D eigenvalue weighted by Crippen LogP contribution is -2.42. The van der Waals surface area contributed by atoms with Crippen molar-refractivity contribution in [3.63, 3.8) is 0 Å². The van der Waals surface area contributed by atoms with Crippen LogP contribution in [0.1, 0.15) is 47.3 Å². The number of aliphatic hydroxyl groups excluding tert-OH is 1. The van der Waals surface area contributed by atoms with Crippen molar-refractivity contribution in [1.29, 1.82) is 0 Å². The summed E-state index contributed by atoms with van der Waals surface area (Å²) in [5.74, 6) is -0.784. The van der Waals surface area contributed by atoms with E-state index in [-0.39, 0.29) is 35.4 Å². The first-order chi connectivity index (χ1) is 16.8. The predicted molar refractivity (Wildman–Crippen MR) is 124 cm³/mol. The summed E-state index contributed by atoms with van der Waals surface area (Å²) in [5.41, 5.74) is -0.801. The number of hydrogen-bond acceptors (Lipinski definition) is 8. The molecule has 14 heteroatoms. The SMILES string of the molecule is CNC(=O)c1cnc(N2CCn3c(nc4cc(CO)c(S(C)(=O)=O)cc43)[C@H]2C(C)C)nc1C(F)(F)F. The van der Waals surface area contributed by atoms with Crippen molar-refractivity contribution in [2.24, 2.45) is 5.92 Å². The maximum absolute atomic E-state index is 13.8. The second-order valence-corrected chi connectivity index (χ2v) is 10.9. The van der Waals surface area contributed by atoms with E-state index in [1.807, 2.05) is 18.4 Å². The van der Waals surface area contributed by atoms with E-state index >= 15 is 0 Å². The lowest BCUT2D eigenvalue weighted by Gasteiger charge is -2.38. The number of aromatic nitrogens is 4. The minimum atomic E-state index is -4.88. The number of anilines is 1. The number of hydrogen-bond donors (Lipinski definition) is 2. The lowest BCUT2D eigenvalue weighted by molar-refractivity contribution is -0.141. The molecule has 1 atom stereocenters. The van der Waals surface area contributed by atoms with Crippen LogP contribution in [0.5, 0.6) is 0 Å². The molecule has 1 aromatic carbocycles. The Kier molecular flexibility index (Phi) is 6.45. The van der Waals surface area contributed by atoms with Crippen molar-refractivity contribution in [3.8, 4) is 0 Å². The van der Waals surface area contributed by atoms with Gasteiger partial charge in [0, 0.05) is 32.6 Å². The summed E-state index contributed by atoms with van der Waals surface area (Å²) >= 11 is 0. The Hall–Kier alpha value is -3.26. The standard InChI is InChI=1S/C22H25F3N6O4S/c1-11(2)17-19-28-14-7-12(10-32)16(36(4,34)35)8-15(14)30(19)5-6-31(17)21-27-9-13(20(33)26-3)18(29-21)22(23,24)25/h7-9,11,17,32H,5-6,10H2,1-4H3,(H,26,33)/t17-/m1/s1. The average Bonchev–Trinajstić information content (AvgIpc) is 3.17. The monoisotopic (exact) mass is 526 g/mol. The van der Waals surface area contributed by atoms with Crippen molar-refractivity contribution in [2.45, 2.75) is 44.1 Å². The van der Waals surface area contributed by atoms with E-state index in [1.165, 1.54) is 19.2 Å². The van der Waals surface area contributed by atoms with E-state index in [4.69, 9.17) is 0 Å². The molecule has 0 radical (unpaired) electrons. The molecule has 10 nitrogen and oxygen atoms in total. The van der Waals surface area contributed by atoms with Gasteiger partial charge >= 0.3 is 6.18 Å². The lowest BCUT2D eigenvalue weighted by atomic mass is 10.00. The Morgan fingerprint density at radius 1 is 1.25 bits per heavy atom. The summed E-state index contributed by atoms with van der Waals surface area (Å²) in [7, 11) is -2.41. The fourth-order valence-corrected chi connectivity index (χ4v) is 5.47. The van der Waals surface area contributed by atoms with E-state index in [9.17, 15) is 31.5 Å². The molecule has 0 saturated heterocycles. The first kappa shape index (κ1) is 25.8. The number of aliphatic hydroxyl groups is 1. The van der Waals surface area contributed by atoms with Crippen LogP contribution in [0.4, 0.5) is 19.1 Å². The third-order valence-corrected chi connectivity index (χ3v) is 7.28. The van der Waals surface area contributed by atoms with Crippen LogP contribution in [0.25, 0.3) is 11.0 Å². The van der Waals surface area contributed by atoms with Crippen molar-refractivity contribution in [1.82, 2.24) is 24.8 Å². The molecule has 0 unspecified atom stereocenters. The van der Waals surface area contributed by atoms with Crippen molar-refractivity contribution in [2.75, 3.05) is 24.7 Å². The number of carbonyl (C=O) groups excluding carboxylic acids is 1.